The molecule has 4 atom stereocenters. The Morgan fingerprint density at radius 1 is 1.35 bits per heavy atom. The van der Waals surface area contributed by atoms with Crippen LogP contribution in [0.25, 0.3) is 0 Å². The first kappa shape index (κ1) is 20.2. The minimum atomic E-state index is -0.244. The first-order chi connectivity index (χ1) is 11.0. The minimum Gasteiger partial charge on any atom is -0.469 e. The van der Waals surface area contributed by atoms with Gasteiger partial charge >= 0.3 is 5.97 Å². The van der Waals surface area contributed by atoms with E-state index in [9.17, 15) is 4.79 Å². The standard InChI is InChI=1S/C19H34O4/c1-6-10-11-15(7-2)13-19(9-4)14-16(8-3)17(22-23-19)12-18(20)21-5/h10-11,15-17H,6-9,12-14H2,1-5H3/b11-10+/t15-,16-,17+,19+/m1/s1. The van der Waals surface area contributed by atoms with Crippen LogP contribution in [0.5, 0.6) is 0 Å². The molecule has 0 aromatic heterocycles. The van der Waals surface area contributed by atoms with Crippen molar-refractivity contribution in [2.24, 2.45) is 11.8 Å². The third-order valence-electron chi connectivity index (χ3n) is 5.08. The lowest BCUT2D eigenvalue weighted by atomic mass is 9.77. The van der Waals surface area contributed by atoms with Gasteiger partial charge in [-0.15, -0.1) is 0 Å². The van der Waals surface area contributed by atoms with Crippen molar-refractivity contribution in [1.29, 1.82) is 0 Å². The van der Waals surface area contributed by atoms with E-state index in [1.165, 1.54) is 7.11 Å². The van der Waals surface area contributed by atoms with Crippen molar-refractivity contribution in [3.8, 4) is 0 Å². The van der Waals surface area contributed by atoms with Gasteiger partial charge in [0.1, 0.15) is 11.7 Å². The van der Waals surface area contributed by atoms with Gasteiger partial charge in [0.15, 0.2) is 0 Å². The van der Waals surface area contributed by atoms with Gasteiger partial charge in [-0.25, -0.2) is 9.78 Å². The molecule has 0 aromatic rings. The van der Waals surface area contributed by atoms with Crippen LogP contribution in [0.2, 0.25) is 0 Å². The SMILES string of the molecule is CC/C=C/[C@@H](CC)C[C@@]1(CC)C[C@@H](CC)[C@H](CC(=O)OC)OO1. The summed E-state index contributed by atoms with van der Waals surface area (Å²) in [5.41, 5.74) is -0.244. The van der Waals surface area contributed by atoms with E-state index < -0.39 is 0 Å². The lowest BCUT2D eigenvalue weighted by molar-refractivity contribution is -0.424. The lowest BCUT2D eigenvalue weighted by Gasteiger charge is -2.43. The number of rotatable bonds is 9. The van der Waals surface area contributed by atoms with Crippen LogP contribution in [0.3, 0.4) is 0 Å². The summed E-state index contributed by atoms with van der Waals surface area (Å²) in [6.07, 6.45) is 10.6. The maximum atomic E-state index is 11.5. The number of methoxy groups -OCH3 is 1. The molecule has 134 valence electrons. The van der Waals surface area contributed by atoms with Crippen molar-refractivity contribution < 1.29 is 19.3 Å². The molecule has 0 spiro atoms. The van der Waals surface area contributed by atoms with Crippen molar-refractivity contribution >= 4 is 5.97 Å². The first-order valence-corrected chi connectivity index (χ1v) is 9.12. The molecule has 1 heterocycles. The zero-order chi connectivity index (χ0) is 17.3. The molecule has 0 unspecified atom stereocenters. The minimum absolute atomic E-state index is 0.196. The van der Waals surface area contributed by atoms with E-state index >= 15 is 0 Å². The summed E-state index contributed by atoms with van der Waals surface area (Å²) in [5.74, 6) is 0.599. The van der Waals surface area contributed by atoms with E-state index in [4.69, 9.17) is 14.5 Å². The molecule has 1 aliphatic rings. The summed E-state index contributed by atoms with van der Waals surface area (Å²) in [4.78, 5) is 23.1. The highest BCUT2D eigenvalue weighted by Crippen LogP contribution is 2.41. The molecule has 0 aromatic carbocycles. The van der Waals surface area contributed by atoms with E-state index in [2.05, 4.69) is 39.8 Å². The zero-order valence-corrected chi connectivity index (χ0v) is 15.5. The van der Waals surface area contributed by atoms with Crippen LogP contribution in [0, 0.1) is 11.8 Å². The second kappa shape index (κ2) is 10.1. The fraction of sp³-hybridized carbons (Fsp3) is 0.842. The van der Waals surface area contributed by atoms with Gasteiger partial charge in [0.05, 0.1) is 13.5 Å². The Morgan fingerprint density at radius 3 is 2.61 bits per heavy atom. The van der Waals surface area contributed by atoms with Crippen LogP contribution in [0.4, 0.5) is 0 Å². The van der Waals surface area contributed by atoms with Gasteiger partial charge in [-0.2, -0.15) is 0 Å². The predicted molar refractivity (Wildman–Crippen MR) is 91.8 cm³/mol. The number of hydrogen-bond acceptors (Lipinski definition) is 4. The van der Waals surface area contributed by atoms with E-state index in [0.29, 0.717) is 11.8 Å². The topological polar surface area (TPSA) is 44.8 Å². The number of allylic oxidation sites excluding steroid dienone is 2. The molecule has 0 amide bonds. The smallest absolute Gasteiger partial charge is 0.308 e. The molecule has 1 fully saturated rings. The van der Waals surface area contributed by atoms with E-state index in [1.807, 2.05) is 0 Å². The van der Waals surface area contributed by atoms with E-state index in [0.717, 1.165) is 38.5 Å². The number of carbonyl (C=O) groups excluding carboxylic acids is 1. The second-order valence-electron chi connectivity index (χ2n) is 6.62. The Balaban J connectivity index is 2.77. The maximum absolute atomic E-state index is 11.5. The number of ether oxygens (including phenoxy) is 1. The molecule has 0 bridgehead atoms. The van der Waals surface area contributed by atoms with Crippen LogP contribution >= 0.6 is 0 Å². The monoisotopic (exact) mass is 326 g/mol. The van der Waals surface area contributed by atoms with Gasteiger partial charge in [-0.3, -0.25) is 4.79 Å². The van der Waals surface area contributed by atoms with Gasteiger partial charge in [0.2, 0.25) is 0 Å². The van der Waals surface area contributed by atoms with Crippen molar-refractivity contribution in [3.63, 3.8) is 0 Å². The normalized spacial score (nSPS) is 29.6. The largest absolute Gasteiger partial charge is 0.469 e. The molecule has 4 heteroatoms. The van der Waals surface area contributed by atoms with Gasteiger partial charge < -0.3 is 4.74 Å². The molecule has 1 saturated heterocycles. The molecular weight excluding hydrogens is 292 g/mol. The molecule has 23 heavy (non-hydrogen) atoms. The Hall–Kier alpha value is -0.870. The molecule has 0 aliphatic carbocycles. The first-order valence-electron chi connectivity index (χ1n) is 9.12. The Morgan fingerprint density at radius 2 is 2.09 bits per heavy atom. The molecule has 1 aliphatic heterocycles. The Labute approximate surface area is 141 Å². The summed E-state index contributed by atoms with van der Waals surface area (Å²) in [5, 5.41) is 0. The van der Waals surface area contributed by atoms with Crippen LogP contribution in [0.1, 0.15) is 72.6 Å². The highest BCUT2D eigenvalue weighted by atomic mass is 17.2. The van der Waals surface area contributed by atoms with Crippen molar-refractivity contribution in [1.82, 2.24) is 0 Å². The zero-order valence-electron chi connectivity index (χ0n) is 15.5. The van der Waals surface area contributed by atoms with Crippen molar-refractivity contribution in [3.05, 3.63) is 12.2 Å². The van der Waals surface area contributed by atoms with E-state index in [1.54, 1.807) is 0 Å². The quantitative estimate of drug-likeness (QED) is 0.346. The number of esters is 1. The third kappa shape index (κ3) is 5.92. The van der Waals surface area contributed by atoms with Crippen LogP contribution < -0.4 is 0 Å². The summed E-state index contributed by atoms with van der Waals surface area (Å²) in [6.45, 7) is 8.68. The summed E-state index contributed by atoms with van der Waals surface area (Å²) in [6, 6.07) is 0. The summed E-state index contributed by atoms with van der Waals surface area (Å²) >= 11 is 0. The Bertz CT molecular complexity index is 380. The lowest BCUT2D eigenvalue weighted by Crippen LogP contribution is -2.46. The highest BCUT2D eigenvalue weighted by molar-refractivity contribution is 5.69. The van der Waals surface area contributed by atoms with Gasteiger partial charge in [0.25, 0.3) is 0 Å². The molecule has 4 nitrogen and oxygen atoms in total. The molecule has 0 radical (unpaired) electrons. The van der Waals surface area contributed by atoms with Gasteiger partial charge in [-0.05, 0) is 43.9 Å². The van der Waals surface area contributed by atoms with E-state index in [-0.39, 0.29) is 24.1 Å². The van der Waals surface area contributed by atoms with Gasteiger partial charge in [-0.1, -0.05) is 46.3 Å². The Kier molecular flexibility index (Phi) is 8.85. The fourth-order valence-electron chi connectivity index (χ4n) is 3.36. The average Bonchev–Trinajstić information content (AvgIpc) is 2.59. The maximum Gasteiger partial charge on any atom is 0.308 e. The summed E-state index contributed by atoms with van der Waals surface area (Å²) in [7, 11) is 1.41. The van der Waals surface area contributed by atoms with Crippen molar-refractivity contribution in [2.75, 3.05) is 7.11 Å². The predicted octanol–water partition coefficient (Wildman–Crippen LogP) is 4.83. The molecule has 1 rings (SSSR count). The van der Waals surface area contributed by atoms with Gasteiger partial charge in [0, 0.05) is 0 Å². The van der Waals surface area contributed by atoms with Crippen LogP contribution in [-0.4, -0.2) is 24.8 Å². The number of hydrogen-bond donors (Lipinski definition) is 0. The van der Waals surface area contributed by atoms with Crippen LogP contribution in [-0.2, 0) is 19.3 Å². The second-order valence-corrected chi connectivity index (χ2v) is 6.62. The summed E-state index contributed by atoms with van der Waals surface area (Å²) < 4.78 is 4.77. The molecular formula is C19H34O4. The molecule has 0 saturated carbocycles. The van der Waals surface area contributed by atoms with Crippen LogP contribution in [0.15, 0.2) is 12.2 Å². The third-order valence-corrected chi connectivity index (χ3v) is 5.08. The van der Waals surface area contributed by atoms with Crippen molar-refractivity contribution in [2.45, 2.75) is 84.3 Å². The fourth-order valence-corrected chi connectivity index (χ4v) is 3.36. The highest BCUT2D eigenvalue weighted by Gasteiger charge is 2.43. The number of carbonyl (C=O) groups is 1. The molecule has 0 N–H and O–H groups in total. The average molecular weight is 326 g/mol.